The Labute approximate surface area is 130 Å². The molecule has 0 bridgehead atoms. The van der Waals surface area contributed by atoms with E-state index in [1.54, 1.807) is 18.6 Å². The molecular weight excluding hydrogens is 278 g/mol. The van der Waals surface area contributed by atoms with Crippen LogP contribution >= 0.6 is 0 Å². The van der Waals surface area contributed by atoms with Crippen LogP contribution in [0.25, 0.3) is 0 Å². The van der Waals surface area contributed by atoms with Crippen molar-refractivity contribution in [1.82, 2.24) is 25.5 Å². The number of nitrogens with zero attached hydrogens (tertiary/aromatic N) is 3. The molecule has 3 atom stereocenters. The van der Waals surface area contributed by atoms with Gasteiger partial charge in [0.15, 0.2) is 0 Å². The van der Waals surface area contributed by atoms with E-state index in [2.05, 4.69) is 32.4 Å². The molecule has 1 saturated heterocycles. The summed E-state index contributed by atoms with van der Waals surface area (Å²) in [7, 11) is 0. The zero-order valence-corrected chi connectivity index (χ0v) is 13.1. The molecule has 1 aliphatic heterocycles. The summed E-state index contributed by atoms with van der Waals surface area (Å²) < 4.78 is 5.96. The summed E-state index contributed by atoms with van der Waals surface area (Å²) in [5.74, 6) is 0.439. The molecule has 2 aromatic rings. The predicted octanol–water partition coefficient (Wildman–Crippen LogP) is 2.33. The minimum absolute atomic E-state index is 0.0962. The molecule has 1 aliphatic rings. The first kappa shape index (κ1) is 15.1. The molecule has 0 saturated carbocycles. The van der Waals surface area contributed by atoms with Gasteiger partial charge in [-0.3, -0.25) is 15.1 Å². The van der Waals surface area contributed by atoms with Crippen molar-refractivity contribution in [2.24, 2.45) is 5.92 Å². The number of ether oxygens (including phenoxy) is 1. The molecular formula is C16H23N5O. The number of nitrogens with one attached hydrogen (secondary N) is 2. The third kappa shape index (κ3) is 3.34. The second-order valence-corrected chi connectivity index (χ2v) is 5.86. The summed E-state index contributed by atoms with van der Waals surface area (Å²) in [6.07, 6.45) is 7.62. The van der Waals surface area contributed by atoms with Crippen LogP contribution in [0.2, 0.25) is 0 Å². The molecule has 0 aliphatic carbocycles. The third-order valence-corrected chi connectivity index (χ3v) is 4.29. The second-order valence-electron chi connectivity index (χ2n) is 5.86. The monoisotopic (exact) mass is 301 g/mol. The fourth-order valence-corrected chi connectivity index (χ4v) is 3.09. The van der Waals surface area contributed by atoms with Crippen LogP contribution in [0.4, 0.5) is 0 Å². The Balaban J connectivity index is 1.63. The van der Waals surface area contributed by atoms with Crippen LogP contribution in [0.1, 0.15) is 49.0 Å². The predicted molar refractivity (Wildman–Crippen MR) is 83.2 cm³/mol. The fourth-order valence-electron chi connectivity index (χ4n) is 3.09. The van der Waals surface area contributed by atoms with Crippen molar-refractivity contribution < 1.29 is 4.74 Å². The van der Waals surface area contributed by atoms with Crippen molar-refractivity contribution in [3.05, 3.63) is 41.7 Å². The molecule has 2 N–H and O–H groups in total. The van der Waals surface area contributed by atoms with E-state index in [1.165, 1.54) is 0 Å². The molecule has 2 aromatic heterocycles. The van der Waals surface area contributed by atoms with E-state index in [4.69, 9.17) is 4.74 Å². The highest BCUT2D eigenvalue weighted by atomic mass is 16.5. The number of aromatic amines is 1. The molecule has 0 amide bonds. The molecule has 0 radical (unpaired) electrons. The normalized spacial score (nSPS) is 23.4. The topological polar surface area (TPSA) is 75.7 Å². The highest BCUT2D eigenvalue weighted by Crippen LogP contribution is 2.32. The first-order chi connectivity index (χ1) is 10.8. The molecule has 0 spiro atoms. The van der Waals surface area contributed by atoms with Crippen molar-refractivity contribution in [3.63, 3.8) is 0 Å². The Kier molecular flexibility index (Phi) is 4.80. The van der Waals surface area contributed by atoms with Gasteiger partial charge in [-0.05, 0) is 32.8 Å². The molecule has 3 heterocycles. The van der Waals surface area contributed by atoms with Crippen molar-refractivity contribution in [1.29, 1.82) is 0 Å². The van der Waals surface area contributed by atoms with E-state index < -0.39 is 0 Å². The summed E-state index contributed by atoms with van der Waals surface area (Å²) in [4.78, 5) is 8.75. The average molecular weight is 301 g/mol. The Morgan fingerprint density at radius 2 is 2.23 bits per heavy atom. The van der Waals surface area contributed by atoms with Gasteiger partial charge < -0.3 is 10.1 Å². The van der Waals surface area contributed by atoms with E-state index >= 15 is 0 Å². The molecule has 1 fully saturated rings. The van der Waals surface area contributed by atoms with Gasteiger partial charge in [-0.25, -0.2) is 0 Å². The Morgan fingerprint density at radius 3 is 3.00 bits per heavy atom. The Morgan fingerprint density at radius 1 is 1.36 bits per heavy atom. The maximum Gasteiger partial charge on any atom is 0.103 e. The number of hydrogen-bond acceptors (Lipinski definition) is 5. The smallest absolute Gasteiger partial charge is 0.103 e. The van der Waals surface area contributed by atoms with Crippen LogP contribution in [-0.4, -0.2) is 33.3 Å². The molecule has 1 unspecified atom stereocenters. The van der Waals surface area contributed by atoms with Gasteiger partial charge in [-0.1, -0.05) is 0 Å². The maximum atomic E-state index is 5.96. The van der Waals surface area contributed by atoms with Crippen LogP contribution in [-0.2, 0) is 4.74 Å². The quantitative estimate of drug-likeness (QED) is 0.886. The van der Waals surface area contributed by atoms with Crippen LogP contribution < -0.4 is 5.32 Å². The van der Waals surface area contributed by atoms with Gasteiger partial charge in [-0.2, -0.15) is 5.10 Å². The zero-order valence-electron chi connectivity index (χ0n) is 13.1. The van der Waals surface area contributed by atoms with E-state index in [-0.39, 0.29) is 12.1 Å². The van der Waals surface area contributed by atoms with E-state index in [0.29, 0.717) is 5.92 Å². The molecule has 118 valence electrons. The number of hydrogen-bond donors (Lipinski definition) is 2. The number of rotatable bonds is 5. The fraction of sp³-hybridized carbons (Fsp3) is 0.562. The minimum atomic E-state index is 0.0962. The van der Waals surface area contributed by atoms with Crippen molar-refractivity contribution in [2.75, 3.05) is 13.2 Å². The Hall–Kier alpha value is -1.79. The van der Waals surface area contributed by atoms with Crippen LogP contribution in [0.15, 0.2) is 24.7 Å². The minimum Gasteiger partial charge on any atom is -0.372 e. The zero-order chi connectivity index (χ0) is 15.4. The summed E-state index contributed by atoms with van der Waals surface area (Å²) in [5, 5.41) is 10.7. The Bertz CT molecular complexity index is 586. The van der Waals surface area contributed by atoms with Gasteiger partial charge >= 0.3 is 0 Å². The van der Waals surface area contributed by atoms with Crippen molar-refractivity contribution in [2.45, 2.75) is 38.8 Å². The lowest BCUT2D eigenvalue weighted by atomic mass is 9.92. The highest BCUT2D eigenvalue weighted by Gasteiger charge is 2.28. The lowest BCUT2D eigenvalue weighted by molar-refractivity contribution is -0.0309. The lowest BCUT2D eigenvalue weighted by Crippen LogP contribution is -2.33. The van der Waals surface area contributed by atoms with E-state index in [9.17, 15) is 0 Å². The molecule has 6 nitrogen and oxygen atoms in total. The standard InChI is InChI=1S/C16H23N5O/c1-11-15(18-8-7-17-11)12(2)19-10-13-4-3-9-22-16(13)14-5-6-20-21-14/h5-8,12-13,16,19H,3-4,9-10H2,1-2H3,(H,20,21)/t12?,13-,16+/m0/s1. The van der Waals surface area contributed by atoms with E-state index in [1.807, 2.05) is 13.0 Å². The van der Waals surface area contributed by atoms with Gasteiger partial charge in [0.2, 0.25) is 0 Å². The van der Waals surface area contributed by atoms with Crippen LogP contribution in [0.5, 0.6) is 0 Å². The van der Waals surface area contributed by atoms with Gasteiger partial charge in [0.1, 0.15) is 6.10 Å². The maximum absolute atomic E-state index is 5.96. The highest BCUT2D eigenvalue weighted by molar-refractivity contribution is 5.12. The average Bonchev–Trinajstić information content (AvgIpc) is 3.07. The number of H-pyrrole nitrogens is 1. The van der Waals surface area contributed by atoms with Crippen LogP contribution in [0, 0.1) is 12.8 Å². The summed E-state index contributed by atoms with van der Waals surface area (Å²) in [6, 6.07) is 2.18. The second kappa shape index (κ2) is 6.98. The first-order valence-corrected chi connectivity index (χ1v) is 7.87. The summed E-state index contributed by atoms with van der Waals surface area (Å²) in [5.41, 5.74) is 3.06. The number of aryl methyl sites for hydroxylation is 1. The molecule has 6 heteroatoms. The van der Waals surface area contributed by atoms with Gasteiger partial charge in [-0.15, -0.1) is 0 Å². The van der Waals surface area contributed by atoms with Crippen molar-refractivity contribution >= 4 is 0 Å². The summed E-state index contributed by atoms with van der Waals surface area (Å²) in [6.45, 7) is 5.84. The van der Waals surface area contributed by atoms with E-state index in [0.717, 1.165) is 43.1 Å². The van der Waals surface area contributed by atoms with Gasteiger partial charge in [0, 0.05) is 43.7 Å². The SMILES string of the molecule is Cc1nccnc1C(C)NC[C@@H]1CCCO[C@H]1c1ccn[nH]1. The van der Waals surface area contributed by atoms with Crippen LogP contribution in [0.3, 0.4) is 0 Å². The largest absolute Gasteiger partial charge is 0.372 e. The van der Waals surface area contributed by atoms with Gasteiger partial charge in [0.05, 0.1) is 17.1 Å². The molecule has 3 rings (SSSR count). The third-order valence-electron chi connectivity index (χ3n) is 4.29. The van der Waals surface area contributed by atoms with Crippen molar-refractivity contribution in [3.8, 4) is 0 Å². The van der Waals surface area contributed by atoms with Gasteiger partial charge in [0.25, 0.3) is 0 Å². The molecule has 0 aromatic carbocycles. The lowest BCUT2D eigenvalue weighted by Gasteiger charge is -2.32. The molecule has 22 heavy (non-hydrogen) atoms. The first-order valence-electron chi connectivity index (χ1n) is 7.87. The number of aromatic nitrogens is 4. The summed E-state index contributed by atoms with van der Waals surface area (Å²) >= 11 is 0.